The predicted molar refractivity (Wildman–Crippen MR) is 45.0 cm³/mol. The summed E-state index contributed by atoms with van der Waals surface area (Å²) in [6, 6.07) is 8.66. The van der Waals surface area contributed by atoms with E-state index in [1.54, 1.807) is 0 Å². The van der Waals surface area contributed by atoms with Crippen molar-refractivity contribution >= 4 is 0 Å². The molecule has 1 heterocycles. The molecule has 1 N–H and O–H groups in total. The highest BCUT2D eigenvalue weighted by atomic mass is 15.1. The maximum atomic E-state index is 4.01. The molecule has 0 radical (unpaired) electrons. The normalized spacial score (nSPS) is 22.8. The summed E-state index contributed by atoms with van der Waals surface area (Å²) >= 11 is 0. The number of hydrogen-bond acceptors (Lipinski definition) is 0. The highest BCUT2D eigenvalue weighted by molar-refractivity contribution is 5.27. The second kappa shape index (κ2) is 2.67. The Bertz CT molecular complexity index is 255. The second-order valence-corrected chi connectivity index (χ2v) is 3.20. The lowest BCUT2D eigenvalue weighted by Crippen LogP contribution is -3.06. The Hall–Kier alpha value is -0.820. The van der Waals surface area contributed by atoms with E-state index in [0.29, 0.717) is 0 Å². The molecular formula is C10H13N. The molecule has 0 saturated carbocycles. The Labute approximate surface area is 67.6 Å². The van der Waals surface area contributed by atoms with Crippen molar-refractivity contribution < 1.29 is 4.90 Å². The largest absolute Gasteiger partial charge is 0.464 e. The summed E-state index contributed by atoms with van der Waals surface area (Å²) in [5, 5.41) is 0. The van der Waals surface area contributed by atoms with Gasteiger partial charge < -0.3 is 4.90 Å². The number of hydrogen-bond donors (Lipinski definition) is 1. The molecule has 1 aliphatic heterocycles. The summed E-state index contributed by atoms with van der Waals surface area (Å²) in [5.74, 6) is 0. The molecule has 1 aliphatic rings. The fourth-order valence-electron chi connectivity index (χ4n) is 1.64. The molecular weight excluding hydrogens is 134 g/mol. The fraction of sp³-hybridized carbons (Fsp3) is 0.300. The van der Waals surface area contributed by atoms with Crippen LogP contribution in [0.4, 0.5) is 0 Å². The molecule has 1 atom stereocenters. The molecule has 0 spiro atoms. The molecule has 0 aliphatic carbocycles. The third-order valence-corrected chi connectivity index (χ3v) is 2.31. The van der Waals surface area contributed by atoms with Crippen molar-refractivity contribution in [3.63, 3.8) is 0 Å². The summed E-state index contributed by atoms with van der Waals surface area (Å²) in [5.41, 5.74) is 2.99. The van der Waals surface area contributed by atoms with Crippen molar-refractivity contribution in [1.82, 2.24) is 0 Å². The molecule has 1 aromatic rings. The van der Waals surface area contributed by atoms with Gasteiger partial charge in [0.25, 0.3) is 0 Å². The van der Waals surface area contributed by atoms with Gasteiger partial charge in [0.1, 0.15) is 0 Å². The van der Waals surface area contributed by atoms with E-state index in [1.165, 1.54) is 29.0 Å². The van der Waals surface area contributed by atoms with Crippen molar-refractivity contribution in [2.45, 2.75) is 13.0 Å². The van der Waals surface area contributed by atoms with Crippen LogP contribution in [0.3, 0.4) is 0 Å². The van der Waals surface area contributed by atoms with Crippen LogP contribution in [-0.4, -0.2) is 6.54 Å². The Morgan fingerprint density at radius 2 is 1.91 bits per heavy atom. The van der Waals surface area contributed by atoms with Gasteiger partial charge in [0.2, 0.25) is 0 Å². The van der Waals surface area contributed by atoms with Gasteiger partial charge in [0.15, 0.2) is 0 Å². The quantitative estimate of drug-likeness (QED) is 0.507. The lowest BCUT2D eigenvalue weighted by molar-refractivity contribution is -0.870. The first-order chi connectivity index (χ1) is 5.36. The molecule has 0 saturated heterocycles. The Balaban J connectivity index is 2.34. The number of rotatable bonds is 0. The standard InChI is InChI=1S/C10H13N/c1-11-7-6-9-4-2-3-5-10(9)8-11/h2-5,11H,1,6-8H2. The zero-order chi connectivity index (χ0) is 7.68. The molecule has 2 rings (SSSR count). The average Bonchev–Trinajstić information content (AvgIpc) is 2.04. The van der Waals surface area contributed by atoms with Crippen molar-refractivity contribution in [2.75, 3.05) is 6.54 Å². The van der Waals surface area contributed by atoms with Gasteiger partial charge in [0.05, 0.1) is 13.1 Å². The first-order valence-corrected chi connectivity index (χ1v) is 4.10. The first-order valence-electron chi connectivity index (χ1n) is 4.10. The summed E-state index contributed by atoms with van der Waals surface area (Å²) < 4.78 is 0. The van der Waals surface area contributed by atoms with E-state index in [1.807, 2.05) is 0 Å². The van der Waals surface area contributed by atoms with Crippen LogP contribution in [0.5, 0.6) is 0 Å². The van der Waals surface area contributed by atoms with Crippen LogP contribution in [0.2, 0.25) is 0 Å². The average molecular weight is 147 g/mol. The van der Waals surface area contributed by atoms with Gasteiger partial charge in [-0.05, 0) is 5.56 Å². The molecule has 0 amide bonds. The van der Waals surface area contributed by atoms with Crippen LogP contribution in [0.1, 0.15) is 11.1 Å². The van der Waals surface area contributed by atoms with E-state index in [0.717, 1.165) is 6.54 Å². The van der Waals surface area contributed by atoms with Crippen LogP contribution in [0.15, 0.2) is 24.3 Å². The van der Waals surface area contributed by atoms with Gasteiger partial charge in [0, 0.05) is 12.0 Å². The smallest absolute Gasteiger partial charge is 0.0790 e. The topological polar surface area (TPSA) is 4.44 Å². The minimum absolute atomic E-state index is 1.09. The van der Waals surface area contributed by atoms with Crippen LogP contribution in [-0.2, 0) is 13.0 Å². The molecule has 1 aromatic carbocycles. The molecule has 0 bridgehead atoms. The lowest BCUT2D eigenvalue weighted by Gasteiger charge is -2.27. The highest BCUT2D eigenvalue weighted by Gasteiger charge is 2.10. The Morgan fingerprint density at radius 1 is 1.18 bits per heavy atom. The number of quaternary nitrogens is 1. The van der Waals surface area contributed by atoms with Crippen LogP contribution in [0, 0.1) is 7.05 Å². The van der Waals surface area contributed by atoms with Crippen LogP contribution < -0.4 is 4.90 Å². The van der Waals surface area contributed by atoms with Gasteiger partial charge in [-0.1, -0.05) is 24.3 Å². The van der Waals surface area contributed by atoms with Crippen molar-refractivity contribution in [1.29, 1.82) is 0 Å². The van der Waals surface area contributed by atoms with Gasteiger partial charge >= 0.3 is 0 Å². The maximum absolute atomic E-state index is 4.01. The Morgan fingerprint density at radius 3 is 2.73 bits per heavy atom. The Kier molecular flexibility index (Phi) is 1.66. The third-order valence-electron chi connectivity index (χ3n) is 2.31. The summed E-state index contributed by atoms with van der Waals surface area (Å²) in [7, 11) is 4.01. The first kappa shape index (κ1) is 6.86. The minimum atomic E-state index is 1.09. The fourth-order valence-corrected chi connectivity index (χ4v) is 1.64. The minimum Gasteiger partial charge on any atom is -0.464 e. The second-order valence-electron chi connectivity index (χ2n) is 3.20. The molecule has 1 nitrogen and oxygen atoms in total. The number of fused-ring (bicyclic) bond motifs is 1. The number of nitrogens with one attached hydrogen (secondary N) is 1. The maximum Gasteiger partial charge on any atom is 0.0790 e. The molecule has 0 aromatic heterocycles. The summed E-state index contributed by atoms with van der Waals surface area (Å²) in [4.78, 5) is 1.38. The zero-order valence-electron chi connectivity index (χ0n) is 6.64. The predicted octanol–water partition coefficient (Wildman–Crippen LogP) is 0.419. The van der Waals surface area contributed by atoms with Crippen molar-refractivity contribution in [2.24, 2.45) is 0 Å². The van der Waals surface area contributed by atoms with E-state index >= 15 is 0 Å². The molecule has 1 unspecified atom stereocenters. The van der Waals surface area contributed by atoms with E-state index in [4.69, 9.17) is 0 Å². The van der Waals surface area contributed by atoms with Crippen molar-refractivity contribution in [3.8, 4) is 0 Å². The van der Waals surface area contributed by atoms with Crippen molar-refractivity contribution in [3.05, 3.63) is 42.4 Å². The zero-order valence-corrected chi connectivity index (χ0v) is 6.64. The lowest BCUT2D eigenvalue weighted by atomic mass is 10.0. The molecule has 58 valence electrons. The highest BCUT2D eigenvalue weighted by Crippen LogP contribution is 2.09. The molecule has 1 heteroatoms. The van der Waals surface area contributed by atoms with Gasteiger partial charge in [-0.25, -0.2) is 0 Å². The van der Waals surface area contributed by atoms with Crippen LogP contribution >= 0.6 is 0 Å². The number of benzene rings is 1. The molecule has 11 heavy (non-hydrogen) atoms. The van der Waals surface area contributed by atoms with E-state index < -0.39 is 0 Å². The van der Waals surface area contributed by atoms with E-state index in [9.17, 15) is 0 Å². The SMILES string of the molecule is [CH2-][NH+]1CCc2ccccc2C1. The summed E-state index contributed by atoms with van der Waals surface area (Å²) in [6.07, 6.45) is 1.19. The summed E-state index contributed by atoms with van der Waals surface area (Å²) in [6.45, 7) is 2.27. The van der Waals surface area contributed by atoms with Gasteiger partial charge in [-0.3, -0.25) is 0 Å². The van der Waals surface area contributed by atoms with E-state index in [-0.39, 0.29) is 0 Å². The van der Waals surface area contributed by atoms with Gasteiger partial charge in [-0.15, -0.1) is 0 Å². The third kappa shape index (κ3) is 1.29. The van der Waals surface area contributed by atoms with Gasteiger partial charge in [-0.2, -0.15) is 7.05 Å². The van der Waals surface area contributed by atoms with Crippen LogP contribution in [0.25, 0.3) is 0 Å². The molecule has 0 fully saturated rings. The van der Waals surface area contributed by atoms with E-state index in [2.05, 4.69) is 31.3 Å². The monoisotopic (exact) mass is 147 g/mol.